The molecule has 3 rings (SSSR count). The number of aromatic nitrogens is 5. The second-order valence-corrected chi connectivity index (χ2v) is 6.95. The Morgan fingerprint density at radius 3 is 2.96 bits per heavy atom. The van der Waals surface area contributed by atoms with Crippen molar-refractivity contribution >= 4 is 34.1 Å². The maximum atomic E-state index is 12.2. The minimum Gasteiger partial charge on any atom is -0.301 e. The van der Waals surface area contributed by atoms with Gasteiger partial charge in [-0.1, -0.05) is 30.0 Å². The van der Waals surface area contributed by atoms with E-state index < -0.39 is 0 Å². The number of para-hydroxylation sites is 1. The van der Waals surface area contributed by atoms with Gasteiger partial charge >= 0.3 is 0 Å². The van der Waals surface area contributed by atoms with Gasteiger partial charge < -0.3 is 5.32 Å². The van der Waals surface area contributed by atoms with Gasteiger partial charge in [0.15, 0.2) is 5.13 Å². The molecular formula is C14H14N6OS2. The monoisotopic (exact) mass is 346 g/mol. The molecule has 0 aliphatic carbocycles. The summed E-state index contributed by atoms with van der Waals surface area (Å²) in [5, 5.41) is 17.2. The van der Waals surface area contributed by atoms with E-state index in [0.717, 1.165) is 11.3 Å². The standard InChI is InChI=1S/C14H14N6OS2/c1-9-5-3-4-6-11(9)20-14(17-18-19-20)23-10(2)12(21)16-13-15-7-8-22-13/h3-8,10H,1-2H3,(H,15,16,21). The van der Waals surface area contributed by atoms with Crippen molar-refractivity contribution < 1.29 is 4.79 Å². The van der Waals surface area contributed by atoms with Gasteiger partial charge in [-0.25, -0.2) is 4.98 Å². The summed E-state index contributed by atoms with van der Waals surface area (Å²) in [6, 6.07) is 7.82. The molecule has 1 atom stereocenters. The number of rotatable bonds is 5. The fourth-order valence-electron chi connectivity index (χ4n) is 1.91. The zero-order valence-electron chi connectivity index (χ0n) is 12.5. The lowest BCUT2D eigenvalue weighted by atomic mass is 10.2. The first kappa shape index (κ1) is 15.6. The second-order valence-electron chi connectivity index (χ2n) is 4.75. The Labute approximate surface area is 141 Å². The third kappa shape index (κ3) is 3.57. The van der Waals surface area contributed by atoms with Crippen LogP contribution in [0, 0.1) is 6.92 Å². The van der Waals surface area contributed by atoms with Crippen molar-refractivity contribution in [2.75, 3.05) is 5.32 Å². The van der Waals surface area contributed by atoms with E-state index in [1.54, 1.807) is 10.9 Å². The molecule has 1 unspecified atom stereocenters. The van der Waals surface area contributed by atoms with Crippen LogP contribution < -0.4 is 5.32 Å². The maximum Gasteiger partial charge on any atom is 0.239 e. The molecule has 0 radical (unpaired) electrons. The molecule has 2 aromatic heterocycles. The van der Waals surface area contributed by atoms with Crippen LogP contribution in [0.4, 0.5) is 5.13 Å². The van der Waals surface area contributed by atoms with E-state index in [2.05, 4.69) is 25.8 Å². The first-order valence-corrected chi connectivity index (χ1v) is 8.62. The summed E-state index contributed by atoms with van der Waals surface area (Å²) in [5.74, 6) is -0.135. The Hall–Kier alpha value is -2.26. The van der Waals surface area contributed by atoms with Gasteiger partial charge in [-0.3, -0.25) is 4.79 Å². The number of carbonyl (C=O) groups excluding carboxylic acids is 1. The topological polar surface area (TPSA) is 85.6 Å². The summed E-state index contributed by atoms with van der Waals surface area (Å²) in [6.45, 7) is 3.80. The SMILES string of the molecule is Cc1ccccc1-n1nnnc1SC(C)C(=O)Nc1nccs1. The van der Waals surface area contributed by atoms with E-state index in [-0.39, 0.29) is 11.2 Å². The predicted octanol–water partition coefficient (Wildman–Crippen LogP) is 2.55. The van der Waals surface area contributed by atoms with Crippen molar-refractivity contribution in [1.29, 1.82) is 0 Å². The summed E-state index contributed by atoms with van der Waals surface area (Å²) in [7, 11) is 0. The first-order chi connectivity index (χ1) is 11.1. The molecule has 0 aliphatic rings. The lowest BCUT2D eigenvalue weighted by Crippen LogP contribution is -2.22. The molecule has 118 valence electrons. The summed E-state index contributed by atoms with van der Waals surface area (Å²) in [6.07, 6.45) is 1.65. The van der Waals surface area contributed by atoms with Crippen LogP contribution in [0.1, 0.15) is 12.5 Å². The van der Waals surface area contributed by atoms with Crippen molar-refractivity contribution in [1.82, 2.24) is 25.2 Å². The molecule has 0 aliphatic heterocycles. The van der Waals surface area contributed by atoms with Gasteiger partial charge in [0.05, 0.1) is 10.9 Å². The summed E-state index contributed by atoms with van der Waals surface area (Å²) in [5.41, 5.74) is 1.95. The lowest BCUT2D eigenvalue weighted by molar-refractivity contribution is -0.115. The van der Waals surface area contributed by atoms with Crippen LogP contribution >= 0.6 is 23.1 Å². The average Bonchev–Trinajstić information content (AvgIpc) is 3.19. The number of hydrogen-bond acceptors (Lipinski definition) is 7. The highest BCUT2D eigenvalue weighted by atomic mass is 32.2. The third-order valence-corrected chi connectivity index (χ3v) is 4.82. The zero-order valence-corrected chi connectivity index (χ0v) is 14.1. The van der Waals surface area contributed by atoms with Crippen LogP contribution in [-0.4, -0.2) is 36.3 Å². The molecule has 23 heavy (non-hydrogen) atoms. The largest absolute Gasteiger partial charge is 0.301 e. The molecule has 1 N–H and O–H groups in total. The quantitative estimate of drug-likeness (QED) is 0.715. The van der Waals surface area contributed by atoms with E-state index >= 15 is 0 Å². The molecule has 0 saturated heterocycles. The number of nitrogens with one attached hydrogen (secondary N) is 1. The minimum atomic E-state index is -0.354. The van der Waals surface area contributed by atoms with Crippen LogP contribution in [0.15, 0.2) is 41.0 Å². The average molecular weight is 346 g/mol. The highest BCUT2D eigenvalue weighted by Crippen LogP contribution is 2.25. The third-order valence-electron chi connectivity index (χ3n) is 3.10. The zero-order chi connectivity index (χ0) is 16.2. The predicted molar refractivity (Wildman–Crippen MR) is 90.0 cm³/mol. The Balaban J connectivity index is 1.75. The lowest BCUT2D eigenvalue weighted by Gasteiger charge is -2.11. The molecule has 1 amide bonds. The highest BCUT2D eigenvalue weighted by molar-refractivity contribution is 8.00. The molecule has 7 nitrogen and oxygen atoms in total. The Bertz CT molecular complexity index is 801. The molecule has 9 heteroatoms. The normalized spacial score (nSPS) is 12.1. The van der Waals surface area contributed by atoms with Crippen LogP contribution in [0.25, 0.3) is 5.69 Å². The summed E-state index contributed by atoms with van der Waals surface area (Å²) >= 11 is 2.68. The van der Waals surface area contributed by atoms with E-state index in [1.807, 2.05) is 43.5 Å². The number of tetrazole rings is 1. The number of thioether (sulfide) groups is 1. The molecular weight excluding hydrogens is 332 g/mol. The maximum absolute atomic E-state index is 12.2. The van der Waals surface area contributed by atoms with Crippen LogP contribution in [-0.2, 0) is 4.79 Å². The number of anilines is 1. The van der Waals surface area contributed by atoms with Crippen molar-refractivity contribution in [3.05, 3.63) is 41.4 Å². The molecule has 1 aromatic carbocycles. The van der Waals surface area contributed by atoms with Gasteiger partial charge in [0.25, 0.3) is 0 Å². The molecule has 0 fully saturated rings. The molecule has 3 aromatic rings. The number of hydrogen-bond donors (Lipinski definition) is 1. The summed E-state index contributed by atoms with van der Waals surface area (Å²) in [4.78, 5) is 16.3. The number of thiazole rings is 1. The minimum absolute atomic E-state index is 0.135. The second kappa shape index (κ2) is 6.88. The van der Waals surface area contributed by atoms with Gasteiger partial charge in [-0.05, 0) is 35.9 Å². The highest BCUT2D eigenvalue weighted by Gasteiger charge is 2.20. The van der Waals surface area contributed by atoms with Gasteiger partial charge in [0, 0.05) is 11.6 Å². The molecule has 0 bridgehead atoms. The van der Waals surface area contributed by atoms with E-state index in [1.165, 1.54) is 23.1 Å². The van der Waals surface area contributed by atoms with E-state index in [4.69, 9.17) is 0 Å². The summed E-state index contributed by atoms with van der Waals surface area (Å²) < 4.78 is 1.65. The van der Waals surface area contributed by atoms with Crippen LogP contribution in [0.3, 0.4) is 0 Å². The van der Waals surface area contributed by atoms with Crippen LogP contribution in [0.2, 0.25) is 0 Å². The molecule has 0 spiro atoms. The van der Waals surface area contributed by atoms with E-state index in [9.17, 15) is 4.79 Å². The van der Waals surface area contributed by atoms with Crippen LogP contribution in [0.5, 0.6) is 0 Å². The van der Waals surface area contributed by atoms with Gasteiger partial charge in [-0.15, -0.1) is 16.4 Å². The molecule has 2 heterocycles. The fraction of sp³-hybridized carbons (Fsp3) is 0.214. The number of carbonyl (C=O) groups is 1. The smallest absolute Gasteiger partial charge is 0.239 e. The van der Waals surface area contributed by atoms with Crippen molar-refractivity contribution in [3.63, 3.8) is 0 Å². The fourth-order valence-corrected chi connectivity index (χ4v) is 3.24. The van der Waals surface area contributed by atoms with Crippen molar-refractivity contribution in [2.45, 2.75) is 24.3 Å². The number of aryl methyl sites for hydroxylation is 1. The van der Waals surface area contributed by atoms with Gasteiger partial charge in [0.1, 0.15) is 0 Å². The first-order valence-electron chi connectivity index (χ1n) is 6.86. The number of benzene rings is 1. The van der Waals surface area contributed by atoms with Gasteiger partial charge in [0.2, 0.25) is 11.1 Å². The van der Waals surface area contributed by atoms with E-state index in [0.29, 0.717) is 10.3 Å². The van der Waals surface area contributed by atoms with Crippen molar-refractivity contribution in [2.24, 2.45) is 0 Å². The number of amides is 1. The Morgan fingerprint density at radius 2 is 2.22 bits per heavy atom. The van der Waals surface area contributed by atoms with Gasteiger partial charge in [-0.2, -0.15) is 4.68 Å². The Morgan fingerprint density at radius 1 is 1.39 bits per heavy atom. The Kier molecular flexibility index (Phi) is 4.68. The number of nitrogens with zero attached hydrogens (tertiary/aromatic N) is 5. The van der Waals surface area contributed by atoms with Crippen molar-refractivity contribution in [3.8, 4) is 5.69 Å². The molecule has 0 saturated carbocycles.